The number of piperidine rings is 2. The molecule has 1 aromatic heterocycles. The van der Waals surface area contributed by atoms with E-state index in [0.717, 1.165) is 44.1 Å². The monoisotopic (exact) mass is 394 g/mol. The summed E-state index contributed by atoms with van der Waals surface area (Å²) in [5, 5.41) is 0. The van der Waals surface area contributed by atoms with Crippen LogP contribution in [0.4, 0.5) is 0 Å². The molecule has 0 radical (unpaired) electrons. The first-order chi connectivity index (χ1) is 12.6. The Kier molecular flexibility index (Phi) is 4.94. The molecular weight excluding hydrogens is 372 g/mol. The van der Waals surface area contributed by atoms with Crippen molar-refractivity contribution in [1.82, 2.24) is 18.0 Å². The van der Waals surface area contributed by atoms with Gasteiger partial charge in [-0.05, 0) is 44.2 Å². The molecule has 1 atom stereocenters. The molecular formula is C17H22N4O3S2. The van der Waals surface area contributed by atoms with Gasteiger partial charge in [0.2, 0.25) is 15.9 Å². The molecule has 1 aromatic carbocycles. The lowest BCUT2D eigenvalue weighted by molar-refractivity contribution is -0.137. The summed E-state index contributed by atoms with van der Waals surface area (Å²) in [6.07, 6.45) is 4.71. The lowest BCUT2D eigenvalue weighted by Crippen LogP contribution is -2.47. The number of sulfonamides is 1. The number of aromatic nitrogens is 2. The van der Waals surface area contributed by atoms with Crippen LogP contribution in [0.1, 0.15) is 32.1 Å². The smallest absolute Gasteiger partial charge is 0.245 e. The third-order valence-corrected chi connectivity index (χ3v) is 7.71. The Morgan fingerprint density at radius 3 is 2.69 bits per heavy atom. The molecule has 2 aliphatic heterocycles. The van der Waals surface area contributed by atoms with E-state index in [0.29, 0.717) is 24.0 Å². The van der Waals surface area contributed by atoms with Crippen molar-refractivity contribution in [2.45, 2.75) is 37.0 Å². The highest BCUT2D eigenvalue weighted by Gasteiger charge is 2.36. The second-order valence-corrected chi connectivity index (χ2v) is 9.41. The van der Waals surface area contributed by atoms with Gasteiger partial charge in [0, 0.05) is 26.2 Å². The van der Waals surface area contributed by atoms with E-state index in [1.54, 1.807) is 18.2 Å². The average molecular weight is 395 g/mol. The van der Waals surface area contributed by atoms with Crippen LogP contribution in [0.5, 0.6) is 0 Å². The fraction of sp³-hybridized carbons (Fsp3) is 0.588. The van der Waals surface area contributed by atoms with Crippen LogP contribution in [-0.4, -0.2) is 58.5 Å². The normalized spacial score (nSPS) is 22.6. The molecule has 2 aliphatic rings. The summed E-state index contributed by atoms with van der Waals surface area (Å²) in [5.41, 5.74) is 1.01. The average Bonchev–Trinajstić information content (AvgIpc) is 3.17. The number of amides is 1. The van der Waals surface area contributed by atoms with Gasteiger partial charge in [0.05, 0.1) is 17.6 Å². The van der Waals surface area contributed by atoms with E-state index in [4.69, 9.17) is 0 Å². The largest absolute Gasteiger partial charge is 0.342 e. The number of hydrogen-bond acceptors (Lipinski definition) is 6. The van der Waals surface area contributed by atoms with E-state index in [1.165, 1.54) is 10.7 Å². The summed E-state index contributed by atoms with van der Waals surface area (Å²) in [6, 6.07) is 5.03. The second kappa shape index (κ2) is 7.21. The van der Waals surface area contributed by atoms with Crippen LogP contribution < -0.4 is 0 Å². The van der Waals surface area contributed by atoms with Crippen LogP contribution in [0.3, 0.4) is 0 Å². The number of fused-ring (bicyclic) bond motifs is 1. The zero-order valence-corrected chi connectivity index (χ0v) is 16.1. The highest BCUT2D eigenvalue weighted by molar-refractivity contribution is 7.89. The summed E-state index contributed by atoms with van der Waals surface area (Å²) < 4.78 is 36.1. The van der Waals surface area contributed by atoms with Crippen molar-refractivity contribution in [2.24, 2.45) is 5.92 Å². The third-order valence-electron chi connectivity index (χ3n) is 5.27. The number of rotatable bonds is 3. The maximum Gasteiger partial charge on any atom is 0.245 e. The van der Waals surface area contributed by atoms with E-state index < -0.39 is 10.0 Å². The summed E-state index contributed by atoms with van der Waals surface area (Å²) in [5.74, 6) is -0.137. The van der Waals surface area contributed by atoms with Gasteiger partial charge < -0.3 is 4.90 Å². The maximum absolute atomic E-state index is 13.2. The van der Waals surface area contributed by atoms with Gasteiger partial charge >= 0.3 is 0 Å². The Balaban J connectivity index is 1.57. The number of carbonyl (C=O) groups is 1. The molecule has 2 aromatic rings. The topological polar surface area (TPSA) is 83.5 Å². The van der Waals surface area contributed by atoms with Gasteiger partial charge in [0.25, 0.3) is 0 Å². The second-order valence-electron chi connectivity index (χ2n) is 6.98. The Labute approximate surface area is 157 Å². The van der Waals surface area contributed by atoms with Crippen molar-refractivity contribution < 1.29 is 13.2 Å². The summed E-state index contributed by atoms with van der Waals surface area (Å²) in [6.45, 7) is 2.30. The molecule has 9 heteroatoms. The Morgan fingerprint density at radius 2 is 1.88 bits per heavy atom. The zero-order valence-electron chi connectivity index (χ0n) is 14.5. The van der Waals surface area contributed by atoms with Crippen LogP contribution in [0.15, 0.2) is 23.1 Å². The number of likely N-dealkylation sites (tertiary alicyclic amines) is 1. The summed E-state index contributed by atoms with van der Waals surface area (Å²) in [7, 11) is -3.69. The van der Waals surface area contributed by atoms with E-state index in [9.17, 15) is 13.2 Å². The minimum absolute atomic E-state index is 0.109. The van der Waals surface area contributed by atoms with Crippen LogP contribution in [0.2, 0.25) is 0 Å². The van der Waals surface area contributed by atoms with Gasteiger partial charge in [0.1, 0.15) is 15.9 Å². The van der Waals surface area contributed by atoms with Crippen LogP contribution >= 0.6 is 11.7 Å². The van der Waals surface area contributed by atoms with Gasteiger partial charge in [0.15, 0.2) is 0 Å². The van der Waals surface area contributed by atoms with Crippen molar-refractivity contribution in [1.29, 1.82) is 0 Å². The number of nitrogens with zero attached hydrogens (tertiary/aromatic N) is 4. The first kappa shape index (κ1) is 17.8. The van der Waals surface area contributed by atoms with Gasteiger partial charge in [-0.1, -0.05) is 6.07 Å². The van der Waals surface area contributed by atoms with E-state index in [1.807, 2.05) is 4.90 Å². The molecule has 7 nitrogen and oxygen atoms in total. The summed E-state index contributed by atoms with van der Waals surface area (Å²) in [4.78, 5) is 14.9. The van der Waals surface area contributed by atoms with Crippen molar-refractivity contribution in [3.05, 3.63) is 18.2 Å². The zero-order chi connectivity index (χ0) is 18.1. The molecule has 140 valence electrons. The predicted octanol–water partition coefficient (Wildman–Crippen LogP) is 2.10. The standard InChI is InChI=1S/C17H22N4O3S2/c22-17(20-9-2-1-3-10-20)13-6-5-11-21(12-13)26(23,24)15-8-4-7-14-16(15)19-25-18-14/h4,7-8,13H,1-3,5-6,9-12H2/t13-/m1/s1. The highest BCUT2D eigenvalue weighted by Crippen LogP contribution is 2.29. The molecule has 3 heterocycles. The van der Waals surface area contributed by atoms with Gasteiger partial charge in [-0.2, -0.15) is 13.1 Å². The molecule has 0 unspecified atom stereocenters. The maximum atomic E-state index is 13.2. The fourth-order valence-corrected chi connectivity index (χ4v) is 6.14. The number of hydrogen-bond donors (Lipinski definition) is 0. The number of carbonyl (C=O) groups excluding carboxylic acids is 1. The molecule has 4 rings (SSSR count). The molecule has 2 fully saturated rings. The molecule has 0 bridgehead atoms. The number of benzene rings is 1. The Bertz CT molecular complexity index is 906. The fourth-order valence-electron chi connectivity index (χ4n) is 3.86. The van der Waals surface area contributed by atoms with Gasteiger partial charge in [-0.3, -0.25) is 4.79 Å². The van der Waals surface area contributed by atoms with Crippen molar-refractivity contribution in [2.75, 3.05) is 26.2 Å². The van der Waals surface area contributed by atoms with Gasteiger partial charge in [-0.15, -0.1) is 0 Å². The minimum Gasteiger partial charge on any atom is -0.342 e. The molecule has 0 spiro atoms. The first-order valence-corrected chi connectivity index (χ1v) is 11.2. The Hall–Kier alpha value is -1.58. The van der Waals surface area contributed by atoms with Crippen molar-refractivity contribution in [3.8, 4) is 0 Å². The van der Waals surface area contributed by atoms with E-state index >= 15 is 0 Å². The molecule has 26 heavy (non-hydrogen) atoms. The minimum atomic E-state index is -3.69. The molecule has 0 aliphatic carbocycles. The highest BCUT2D eigenvalue weighted by atomic mass is 32.2. The third kappa shape index (κ3) is 3.23. The Morgan fingerprint density at radius 1 is 1.08 bits per heavy atom. The van der Waals surface area contributed by atoms with Crippen LogP contribution in [0.25, 0.3) is 11.0 Å². The lowest BCUT2D eigenvalue weighted by atomic mass is 9.97. The summed E-state index contributed by atoms with van der Waals surface area (Å²) >= 11 is 1.01. The SMILES string of the molecule is O=C([C@@H]1CCCN(S(=O)(=O)c2cccc3nsnc23)C1)N1CCCCC1. The van der Waals surface area contributed by atoms with Crippen LogP contribution in [0, 0.1) is 5.92 Å². The molecule has 0 saturated carbocycles. The van der Waals surface area contributed by atoms with Gasteiger partial charge in [-0.25, -0.2) is 8.42 Å². The quantitative estimate of drug-likeness (QED) is 0.796. The lowest BCUT2D eigenvalue weighted by Gasteiger charge is -2.35. The van der Waals surface area contributed by atoms with Crippen molar-refractivity contribution >= 4 is 38.7 Å². The molecule has 1 amide bonds. The predicted molar refractivity (Wildman–Crippen MR) is 99.3 cm³/mol. The first-order valence-electron chi connectivity index (χ1n) is 9.07. The van der Waals surface area contributed by atoms with Crippen molar-refractivity contribution in [3.63, 3.8) is 0 Å². The van der Waals surface area contributed by atoms with E-state index in [2.05, 4.69) is 8.75 Å². The molecule has 2 saturated heterocycles. The van der Waals surface area contributed by atoms with E-state index in [-0.39, 0.29) is 23.3 Å². The van der Waals surface area contributed by atoms with Crippen LogP contribution in [-0.2, 0) is 14.8 Å². The molecule has 0 N–H and O–H groups in total.